The van der Waals surface area contributed by atoms with Crippen molar-refractivity contribution in [3.63, 3.8) is 0 Å². The highest BCUT2D eigenvalue weighted by Gasteiger charge is 2.35. The molecule has 0 aliphatic carbocycles. The van der Waals surface area contributed by atoms with E-state index in [0.29, 0.717) is 22.4 Å². The molecule has 1 atom stereocenters. The first kappa shape index (κ1) is 24.7. The molecular weight excluding hydrogens is 482 g/mol. The van der Waals surface area contributed by atoms with Gasteiger partial charge in [-0.3, -0.25) is 14.4 Å². The first-order valence-electron chi connectivity index (χ1n) is 12.0. The van der Waals surface area contributed by atoms with E-state index in [4.69, 9.17) is 9.47 Å². The number of anilines is 1. The molecule has 1 heterocycles. The quantitative estimate of drug-likeness (QED) is 0.282. The molecule has 0 spiro atoms. The number of esters is 1. The van der Waals surface area contributed by atoms with Gasteiger partial charge in [0.15, 0.2) is 0 Å². The number of ether oxygens (including phenoxy) is 2. The molecule has 4 aromatic rings. The van der Waals surface area contributed by atoms with E-state index in [9.17, 15) is 14.4 Å². The van der Waals surface area contributed by atoms with Gasteiger partial charge in [0.1, 0.15) is 5.75 Å². The van der Waals surface area contributed by atoms with Gasteiger partial charge in [0.05, 0.1) is 5.56 Å². The SMILES string of the molecule is CC(=O)Oc1ccc2ccccc2c1C1=NN(C(C)=O)[C@@H](c2ccc(NC(=O)c3cccc(C)c3)cc2)O1. The molecule has 2 amide bonds. The third-order valence-electron chi connectivity index (χ3n) is 6.06. The Hall–Kier alpha value is -4.98. The van der Waals surface area contributed by atoms with Crippen LogP contribution in [0.4, 0.5) is 5.69 Å². The smallest absolute Gasteiger partial charge is 0.308 e. The third kappa shape index (κ3) is 4.97. The van der Waals surface area contributed by atoms with E-state index < -0.39 is 12.2 Å². The molecule has 38 heavy (non-hydrogen) atoms. The number of carbonyl (C=O) groups is 3. The zero-order valence-corrected chi connectivity index (χ0v) is 21.1. The molecular formula is C30H25N3O5. The van der Waals surface area contributed by atoms with E-state index in [2.05, 4.69) is 10.4 Å². The standard InChI is InChI=1S/C30H25N3O5/c1-18-7-6-9-23(17-18)28(36)31-24-14-11-22(12-15-24)30-33(19(2)34)32-29(38-30)27-25-10-5-4-8-21(25)13-16-26(27)37-20(3)35/h4-17,30H,1-3H3,(H,31,36)/t30-/m1/s1. The second kappa shape index (κ2) is 10.2. The van der Waals surface area contributed by atoms with Crippen LogP contribution in [0.1, 0.15) is 47.1 Å². The van der Waals surface area contributed by atoms with Gasteiger partial charge < -0.3 is 14.8 Å². The molecule has 190 valence electrons. The Morgan fingerprint density at radius 3 is 2.39 bits per heavy atom. The van der Waals surface area contributed by atoms with Gasteiger partial charge in [0.25, 0.3) is 5.91 Å². The van der Waals surface area contributed by atoms with E-state index in [0.717, 1.165) is 16.3 Å². The summed E-state index contributed by atoms with van der Waals surface area (Å²) in [6.07, 6.45) is -0.840. The van der Waals surface area contributed by atoms with Gasteiger partial charge in [0.2, 0.25) is 18.0 Å². The Morgan fingerprint density at radius 2 is 1.68 bits per heavy atom. The normalized spacial score (nSPS) is 14.6. The van der Waals surface area contributed by atoms with Crippen LogP contribution in [0.25, 0.3) is 10.8 Å². The first-order chi connectivity index (χ1) is 18.3. The molecule has 0 unspecified atom stereocenters. The zero-order chi connectivity index (χ0) is 26.8. The van der Waals surface area contributed by atoms with Gasteiger partial charge in [-0.25, -0.2) is 0 Å². The lowest BCUT2D eigenvalue weighted by Gasteiger charge is -2.20. The number of aryl methyl sites for hydroxylation is 1. The number of nitrogens with zero attached hydrogens (tertiary/aromatic N) is 2. The fourth-order valence-electron chi connectivity index (χ4n) is 4.32. The summed E-state index contributed by atoms with van der Waals surface area (Å²) in [5.74, 6) is -0.577. The minimum atomic E-state index is -0.840. The van der Waals surface area contributed by atoms with Crippen LogP contribution in [0.3, 0.4) is 0 Å². The molecule has 1 N–H and O–H groups in total. The van der Waals surface area contributed by atoms with Gasteiger partial charge in [-0.05, 0) is 48.0 Å². The van der Waals surface area contributed by atoms with Crippen molar-refractivity contribution in [1.82, 2.24) is 5.01 Å². The van der Waals surface area contributed by atoms with Crippen LogP contribution in [0.2, 0.25) is 0 Å². The monoisotopic (exact) mass is 507 g/mol. The molecule has 1 aliphatic heterocycles. The summed E-state index contributed by atoms with van der Waals surface area (Å²) in [5, 5.41) is 10.3. The predicted octanol–water partition coefficient (Wildman–Crippen LogP) is 5.56. The lowest BCUT2D eigenvalue weighted by atomic mass is 10.0. The van der Waals surface area contributed by atoms with Crippen LogP contribution in [-0.4, -0.2) is 28.7 Å². The Kier molecular flexibility index (Phi) is 6.62. The number of carbonyl (C=O) groups excluding carboxylic acids is 3. The minimum absolute atomic E-state index is 0.162. The van der Waals surface area contributed by atoms with Crippen molar-refractivity contribution in [1.29, 1.82) is 0 Å². The Labute approximate surface area is 219 Å². The zero-order valence-electron chi connectivity index (χ0n) is 21.1. The summed E-state index contributed by atoms with van der Waals surface area (Å²) in [7, 11) is 0. The lowest BCUT2D eigenvalue weighted by Crippen LogP contribution is -2.25. The third-order valence-corrected chi connectivity index (χ3v) is 6.06. The number of amides is 2. The summed E-state index contributed by atoms with van der Waals surface area (Å²) in [5.41, 5.74) is 3.29. The highest BCUT2D eigenvalue weighted by atomic mass is 16.5. The summed E-state index contributed by atoms with van der Waals surface area (Å²) >= 11 is 0. The number of hydrogen-bond acceptors (Lipinski definition) is 6. The molecule has 0 bridgehead atoms. The fourth-order valence-corrected chi connectivity index (χ4v) is 4.32. The lowest BCUT2D eigenvalue weighted by molar-refractivity contribution is -0.135. The van der Waals surface area contributed by atoms with Crippen LogP contribution >= 0.6 is 0 Å². The van der Waals surface area contributed by atoms with Gasteiger partial charge in [-0.1, -0.05) is 60.2 Å². The van der Waals surface area contributed by atoms with Crippen LogP contribution < -0.4 is 10.1 Å². The van der Waals surface area contributed by atoms with Gasteiger partial charge in [-0.2, -0.15) is 5.01 Å². The van der Waals surface area contributed by atoms with Crippen molar-refractivity contribution in [2.75, 3.05) is 5.32 Å². The van der Waals surface area contributed by atoms with E-state index >= 15 is 0 Å². The summed E-state index contributed by atoms with van der Waals surface area (Å²) in [4.78, 5) is 36.9. The molecule has 1 aliphatic rings. The maximum absolute atomic E-state index is 12.6. The number of nitrogens with one attached hydrogen (secondary N) is 1. The van der Waals surface area contributed by atoms with Crippen molar-refractivity contribution in [3.8, 4) is 5.75 Å². The van der Waals surface area contributed by atoms with Gasteiger partial charge in [0, 0.05) is 30.7 Å². The Morgan fingerprint density at radius 1 is 0.921 bits per heavy atom. The van der Waals surface area contributed by atoms with Crippen molar-refractivity contribution in [2.24, 2.45) is 5.10 Å². The maximum Gasteiger partial charge on any atom is 0.308 e. The van der Waals surface area contributed by atoms with Gasteiger partial charge in [-0.15, -0.1) is 5.10 Å². The molecule has 0 fully saturated rings. The molecule has 0 radical (unpaired) electrons. The number of benzene rings is 4. The molecule has 5 rings (SSSR count). The maximum atomic E-state index is 12.6. The van der Waals surface area contributed by atoms with Crippen molar-refractivity contribution >= 4 is 40.1 Å². The Bertz CT molecular complexity index is 1590. The second-order valence-corrected chi connectivity index (χ2v) is 8.94. The van der Waals surface area contributed by atoms with Crippen LogP contribution in [-0.2, 0) is 14.3 Å². The number of fused-ring (bicyclic) bond motifs is 1. The summed E-state index contributed by atoms with van der Waals surface area (Å²) in [6, 6.07) is 25.4. The molecule has 0 saturated heterocycles. The topological polar surface area (TPSA) is 97.3 Å². The van der Waals surface area contributed by atoms with E-state index in [1.54, 1.807) is 36.4 Å². The van der Waals surface area contributed by atoms with E-state index in [1.807, 2.05) is 55.5 Å². The number of rotatable bonds is 5. The van der Waals surface area contributed by atoms with Crippen LogP contribution in [0, 0.1) is 6.92 Å². The van der Waals surface area contributed by atoms with Crippen LogP contribution in [0.5, 0.6) is 5.75 Å². The first-order valence-corrected chi connectivity index (χ1v) is 12.0. The number of hydrogen-bond donors (Lipinski definition) is 1. The van der Waals surface area contributed by atoms with E-state index in [1.165, 1.54) is 18.9 Å². The average Bonchev–Trinajstić information content (AvgIpc) is 3.34. The van der Waals surface area contributed by atoms with Crippen molar-refractivity contribution in [2.45, 2.75) is 27.0 Å². The van der Waals surface area contributed by atoms with Crippen LogP contribution in [0.15, 0.2) is 90.0 Å². The van der Waals surface area contributed by atoms with Crippen molar-refractivity contribution < 1.29 is 23.9 Å². The highest BCUT2D eigenvalue weighted by molar-refractivity contribution is 6.10. The molecule has 8 nitrogen and oxygen atoms in total. The predicted molar refractivity (Wildman–Crippen MR) is 144 cm³/mol. The Balaban J connectivity index is 1.44. The van der Waals surface area contributed by atoms with Crippen molar-refractivity contribution in [3.05, 3.63) is 107 Å². The second-order valence-electron chi connectivity index (χ2n) is 8.94. The molecule has 4 aromatic carbocycles. The minimum Gasteiger partial charge on any atom is -0.446 e. The number of hydrazone groups is 1. The summed E-state index contributed by atoms with van der Waals surface area (Å²) in [6.45, 7) is 4.65. The molecule has 0 saturated carbocycles. The highest BCUT2D eigenvalue weighted by Crippen LogP contribution is 2.36. The molecule has 8 heteroatoms. The summed E-state index contributed by atoms with van der Waals surface area (Å²) < 4.78 is 11.7. The largest absolute Gasteiger partial charge is 0.446 e. The molecule has 0 aromatic heterocycles. The van der Waals surface area contributed by atoms with Gasteiger partial charge >= 0.3 is 5.97 Å². The van der Waals surface area contributed by atoms with E-state index in [-0.39, 0.29) is 23.5 Å². The fraction of sp³-hybridized carbons (Fsp3) is 0.133. The average molecular weight is 508 g/mol.